The van der Waals surface area contributed by atoms with Crippen LogP contribution in [-0.2, 0) is 10.0 Å². The van der Waals surface area contributed by atoms with Gasteiger partial charge in [-0.05, 0) is 36.5 Å². The average Bonchev–Trinajstić information content (AvgIpc) is 2.34. The van der Waals surface area contributed by atoms with Crippen LogP contribution < -0.4 is 10.5 Å². The van der Waals surface area contributed by atoms with Gasteiger partial charge in [-0.1, -0.05) is 25.4 Å². The zero-order valence-electron chi connectivity index (χ0n) is 11.7. The maximum Gasteiger partial charge on any atom is 0.242 e. The monoisotopic (exact) mass is 320 g/mol. The molecular weight excluding hydrogens is 300 g/mol. The van der Waals surface area contributed by atoms with E-state index >= 15 is 0 Å². The molecule has 0 aliphatic heterocycles. The molecule has 0 atom stereocenters. The van der Waals surface area contributed by atoms with Gasteiger partial charge in [0.15, 0.2) is 0 Å². The molecule has 0 saturated heterocycles. The van der Waals surface area contributed by atoms with Crippen molar-refractivity contribution in [3.63, 3.8) is 0 Å². The van der Waals surface area contributed by atoms with Gasteiger partial charge < -0.3 is 10.8 Å². The number of hydrogen-bond donors (Lipinski definition) is 3. The Morgan fingerprint density at radius 2 is 2.05 bits per heavy atom. The first-order valence-electron chi connectivity index (χ1n) is 6.33. The number of nitrogens with one attached hydrogen (secondary N) is 1. The predicted octanol–water partition coefficient (Wildman–Crippen LogP) is 2.00. The van der Waals surface area contributed by atoms with E-state index in [0.29, 0.717) is 11.4 Å². The van der Waals surface area contributed by atoms with Crippen LogP contribution in [0.25, 0.3) is 0 Å². The van der Waals surface area contributed by atoms with Crippen molar-refractivity contribution in [2.45, 2.75) is 31.6 Å². The second-order valence-corrected chi connectivity index (χ2v) is 7.67. The standard InChI is InChI=1S/C13H21ClN2O3S/c1-13(2,6-3-7-17)9-16-20(18,19)12-5-4-10(14)8-11(12)15/h4-5,8,16-17H,3,6-7,9,15H2,1-2H3. The Hall–Kier alpha value is -0.820. The summed E-state index contributed by atoms with van der Waals surface area (Å²) in [6.07, 6.45) is 1.36. The van der Waals surface area contributed by atoms with Gasteiger partial charge in [0.1, 0.15) is 4.90 Å². The van der Waals surface area contributed by atoms with Crippen molar-refractivity contribution in [1.82, 2.24) is 4.72 Å². The minimum Gasteiger partial charge on any atom is -0.398 e. The molecule has 0 amide bonds. The van der Waals surface area contributed by atoms with Crippen LogP contribution in [0.1, 0.15) is 26.7 Å². The number of nitrogen functional groups attached to an aromatic ring is 1. The molecule has 0 bridgehead atoms. The van der Waals surface area contributed by atoms with Gasteiger partial charge in [-0.3, -0.25) is 0 Å². The van der Waals surface area contributed by atoms with E-state index < -0.39 is 10.0 Å². The van der Waals surface area contributed by atoms with Crippen LogP contribution in [0.5, 0.6) is 0 Å². The first-order chi connectivity index (χ1) is 9.18. The third-order valence-corrected chi connectivity index (χ3v) is 4.72. The fourth-order valence-corrected chi connectivity index (χ4v) is 3.31. The van der Waals surface area contributed by atoms with Crippen LogP contribution in [0.3, 0.4) is 0 Å². The molecule has 5 nitrogen and oxygen atoms in total. The van der Waals surface area contributed by atoms with Crippen molar-refractivity contribution >= 4 is 27.3 Å². The van der Waals surface area contributed by atoms with Gasteiger partial charge in [0.2, 0.25) is 10.0 Å². The van der Waals surface area contributed by atoms with Crippen LogP contribution in [-0.4, -0.2) is 26.7 Å². The largest absolute Gasteiger partial charge is 0.398 e. The molecule has 0 unspecified atom stereocenters. The molecule has 0 aliphatic carbocycles. The van der Waals surface area contributed by atoms with E-state index in [1.807, 2.05) is 13.8 Å². The third-order valence-electron chi connectivity index (χ3n) is 3.01. The van der Waals surface area contributed by atoms with E-state index in [0.717, 1.165) is 6.42 Å². The highest BCUT2D eigenvalue weighted by atomic mass is 35.5. The molecule has 0 heterocycles. The molecule has 20 heavy (non-hydrogen) atoms. The van der Waals surface area contributed by atoms with Gasteiger partial charge in [-0.2, -0.15) is 0 Å². The minimum atomic E-state index is -3.66. The van der Waals surface area contributed by atoms with Crippen molar-refractivity contribution in [1.29, 1.82) is 0 Å². The van der Waals surface area contributed by atoms with E-state index in [2.05, 4.69) is 4.72 Å². The third kappa shape index (κ3) is 4.94. The van der Waals surface area contributed by atoms with E-state index in [4.69, 9.17) is 22.4 Å². The number of aliphatic hydroxyl groups is 1. The second kappa shape index (κ2) is 6.76. The highest BCUT2D eigenvalue weighted by Gasteiger charge is 2.23. The Balaban J connectivity index is 2.80. The highest BCUT2D eigenvalue weighted by Crippen LogP contribution is 2.25. The van der Waals surface area contributed by atoms with Crippen LogP contribution in [0, 0.1) is 5.41 Å². The lowest BCUT2D eigenvalue weighted by atomic mass is 9.88. The normalized spacial score (nSPS) is 12.6. The first kappa shape index (κ1) is 17.2. The number of aliphatic hydroxyl groups excluding tert-OH is 1. The van der Waals surface area contributed by atoms with Crippen molar-refractivity contribution in [3.8, 4) is 0 Å². The first-order valence-corrected chi connectivity index (χ1v) is 8.20. The highest BCUT2D eigenvalue weighted by molar-refractivity contribution is 7.89. The van der Waals surface area contributed by atoms with Gasteiger partial charge >= 0.3 is 0 Å². The quantitative estimate of drug-likeness (QED) is 0.670. The topological polar surface area (TPSA) is 92.4 Å². The fourth-order valence-electron chi connectivity index (χ4n) is 1.78. The van der Waals surface area contributed by atoms with Crippen molar-refractivity contribution in [3.05, 3.63) is 23.2 Å². The molecule has 0 radical (unpaired) electrons. The summed E-state index contributed by atoms with van der Waals surface area (Å²) in [5.41, 5.74) is 5.57. The molecule has 4 N–H and O–H groups in total. The van der Waals surface area contributed by atoms with Gasteiger partial charge in [0.05, 0.1) is 5.69 Å². The molecule has 1 aromatic carbocycles. The molecule has 7 heteroatoms. The van der Waals surface area contributed by atoms with Crippen LogP contribution in [0.15, 0.2) is 23.1 Å². The average molecular weight is 321 g/mol. The van der Waals surface area contributed by atoms with Crippen LogP contribution in [0.2, 0.25) is 5.02 Å². The number of nitrogens with two attached hydrogens (primary N) is 1. The summed E-state index contributed by atoms with van der Waals surface area (Å²) < 4.78 is 27.0. The molecule has 0 spiro atoms. The molecule has 1 rings (SSSR count). The molecular formula is C13H21ClN2O3S. The van der Waals surface area contributed by atoms with Crippen molar-refractivity contribution in [2.75, 3.05) is 18.9 Å². The smallest absolute Gasteiger partial charge is 0.242 e. The summed E-state index contributed by atoms with van der Waals surface area (Å²) in [4.78, 5) is 0.0276. The van der Waals surface area contributed by atoms with E-state index in [-0.39, 0.29) is 29.1 Å². The summed E-state index contributed by atoms with van der Waals surface area (Å²) in [7, 11) is -3.66. The van der Waals surface area contributed by atoms with E-state index in [9.17, 15) is 8.42 Å². The van der Waals surface area contributed by atoms with E-state index in [1.54, 1.807) is 0 Å². The van der Waals surface area contributed by atoms with E-state index in [1.165, 1.54) is 18.2 Å². The number of sulfonamides is 1. The predicted molar refractivity (Wildman–Crippen MR) is 81.2 cm³/mol. The van der Waals surface area contributed by atoms with Crippen molar-refractivity contribution < 1.29 is 13.5 Å². The Bertz CT molecular complexity index is 559. The Labute approximate surface area is 125 Å². The SMILES string of the molecule is CC(C)(CCCO)CNS(=O)(=O)c1ccc(Cl)cc1N. The molecule has 0 aromatic heterocycles. The number of rotatable bonds is 7. The fraction of sp³-hybridized carbons (Fsp3) is 0.538. The zero-order valence-corrected chi connectivity index (χ0v) is 13.3. The molecule has 114 valence electrons. The molecule has 1 aromatic rings. The van der Waals surface area contributed by atoms with Crippen LogP contribution >= 0.6 is 11.6 Å². The Morgan fingerprint density at radius 3 is 2.60 bits per heavy atom. The molecule has 0 aliphatic rings. The second-order valence-electron chi connectivity index (χ2n) is 5.50. The van der Waals surface area contributed by atoms with Gasteiger partial charge in [0, 0.05) is 18.2 Å². The minimum absolute atomic E-state index is 0.0276. The summed E-state index contributed by atoms with van der Waals surface area (Å²) in [6.45, 7) is 4.25. The number of halogens is 1. The Morgan fingerprint density at radius 1 is 1.40 bits per heavy atom. The lowest BCUT2D eigenvalue weighted by Crippen LogP contribution is -2.34. The lowest BCUT2D eigenvalue weighted by molar-refractivity contribution is 0.242. The van der Waals surface area contributed by atoms with Gasteiger partial charge in [0.25, 0.3) is 0 Å². The van der Waals surface area contributed by atoms with Crippen molar-refractivity contribution in [2.24, 2.45) is 5.41 Å². The summed E-state index contributed by atoms with van der Waals surface area (Å²) in [5.74, 6) is 0. The lowest BCUT2D eigenvalue weighted by Gasteiger charge is -2.24. The summed E-state index contributed by atoms with van der Waals surface area (Å²) in [5, 5.41) is 9.22. The molecule has 0 saturated carbocycles. The Kier molecular flexibility index (Phi) is 5.82. The summed E-state index contributed by atoms with van der Waals surface area (Å²) in [6, 6.07) is 4.29. The zero-order chi connectivity index (χ0) is 15.4. The molecule has 0 fully saturated rings. The maximum atomic E-state index is 12.2. The number of anilines is 1. The summed E-state index contributed by atoms with van der Waals surface area (Å²) >= 11 is 5.75. The van der Waals surface area contributed by atoms with Gasteiger partial charge in [-0.25, -0.2) is 13.1 Å². The maximum absolute atomic E-state index is 12.2. The number of benzene rings is 1. The van der Waals surface area contributed by atoms with Crippen LogP contribution in [0.4, 0.5) is 5.69 Å². The number of hydrogen-bond acceptors (Lipinski definition) is 4. The van der Waals surface area contributed by atoms with Gasteiger partial charge in [-0.15, -0.1) is 0 Å².